The second kappa shape index (κ2) is 7.92. The van der Waals surface area contributed by atoms with Crippen LogP contribution in [0.5, 0.6) is 0 Å². The van der Waals surface area contributed by atoms with E-state index in [1.807, 2.05) is 0 Å². The number of nitrogens with zero attached hydrogens (tertiary/aromatic N) is 3. The lowest BCUT2D eigenvalue weighted by molar-refractivity contribution is -0.384. The van der Waals surface area contributed by atoms with Gasteiger partial charge in [-0.15, -0.1) is 0 Å². The predicted molar refractivity (Wildman–Crippen MR) is 94.4 cm³/mol. The van der Waals surface area contributed by atoms with Crippen LogP contribution in [-0.4, -0.2) is 52.8 Å². The van der Waals surface area contributed by atoms with Crippen LogP contribution in [-0.2, 0) is 0 Å². The van der Waals surface area contributed by atoms with Crippen LogP contribution in [0.4, 0.5) is 10.1 Å². The van der Waals surface area contributed by atoms with E-state index < -0.39 is 10.7 Å². The molecule has 1 aliphatic heterocycles. The minimum Gasteiger partial charge on any atom is -0.336 e. The molecule has 1 aliphatic rings. The lowest BCUT2D eigenvalue weighted by atomic mass is 10.1. The number of carbonyl (C=O) groups is 2. The fraction of sp³-hybridized carbons (Fsp3) is 0.222. The Hall–Kier alpha value is -3.33. The maximum Gasteiger partial charge on any atom is 0.269 e. The number of benzene rings is 2. The molecule has 2 amide bonds. The maximum absolute atomic E-state index is 12.9. The SMILES string of the molecule is O=C(NN1CCN(C(=O)c2ccc([N+](=O)[O-])cc2)CC1)c1ccc(F)cc1. The van der Waals surface area contributed by atoms with Crippen LogP contribution in [0.25, 0.3) is 0 Å². The molecule has 0 radical (unpaired) electrons. The lowest BCUT2D eigenvalue weighted by Crippen LogP contribution is -2.54. The van der Waals surface area contributed by atoms with Crippen LogP contribution >= 0.6 is 0 Å². The third kappa shape index (κ3) is 4.45. The van der Waals surface area contributed by atoms with Crippen molar-refractivity contribution < 1.29 is 18.9 Å². The first kappa shape index (κ1) is 18.5. The summed E-state index contributed by atoms with van der Waals surface area (Å²) in [6, 6.07) is 10.7. The van der Waals surface area contributed by atoms with E-state index in [9.17, 15) is 24.1 Å². The number of piperazine rings is 1. The number of carbonyl (C=O) groups excluding carboxylic acids is 2. The molecule has 1 saturated heterocycles. The van der Waals surface area contributed by atoms with Gasteiger partial charge >= 0.3 is 0 Å². The van der Waals surface area contributed by atoms with Crippen molar-refractivity contribution in [2.24, 2.45) is 0 Å². The predicted octanol–water partition coefficient (Wildman–Crippen LogP) is 1.84. The highest BCUT2D eigenvalue weighted by molar-refractivity contribution is 5.95. The van der Waals surface area contributed by atoms with Crippen molar-refractivity contribution in [2.45, 2.75) is 0 Å². The number of hydrogen-bond acceptors (Lipinski definition) is 5. The highest BCUT2D eigenvalue weighted by atomic mass is 19.1. The number of nitro groups is 1. The van der Waals surface area contributed by atoms with Crippen LogP contribution in [0.3, 0.4) is 0 Å². The molecule has 8 nitrogen and oxygen atoms in total. The molecule has 1 N–H and O–H groups in total. The van der Waals surface area contributed by atoms with Gasteiger partial charge in [0.2, 0.25) is 0 Å². The summed E-state index contributed by atoms with van der Waals surface area (Å²) in [5, 5.41) is 12.4. The molecule has 0 atom stereocenters. The molecular formula is C18H17FN4O4. The van der Waals surface area contributed by atoms with E-state index in [4.69, 9.17) is 0 Å². The Labute approximate surface area is 154 Å². The second-order valence-electron chi connectivity index (χ2n) is 6.03. The zero-order valence-electron chi connectivity index (χ0n) is 14.3. The van der Waals surface area contributed by atoms with Gasteiger partial charge in [0.05, 0.1) is 4.92 Å². The minimum absolute atomic E-state index is 0.0696. The monoisotopic (exact) mass is 372 g/mol. The molecule has 0 saturated carbocycles. The number of nitrogens with one attached hydrogen (secondary N) is 1. The van der Waals surface area contributed by atoms with Crippen molar-refractivity contribution in [1.82, 2.24) is 15.3 Å². The van der Waals surface area contributed by atoms with Gasteiger partial charge in [0, 0.05) is 49.4 Å². The Morgan fingerprint density at radius 1 is 0.926 bits per heavy atom. The van der Waals surface area contributed by atoms with Crippen molar-refractivity contribution in [2.75, 3.05) is 26.2 Å². The minimum atomic E-state index is -0.517. The van der Waals surface area contributed by atoms with Gasteiger partial charge in [0.1, 0.15) is 5.82 Å². The van der Waals surface area contributed by atoms with Crippen LogP contribution in [0, 0.1) is 15.9 Å². The Balaban J connectivity index is 1.53. The first-order valence-electron chi connectivity index (χ1n) is 8.29. The number of non-ortho nitro benzene ring substituents is 1. The van der Waals surface area contributed by atoms with Crippen molar-refractivity contribution in [3.8, 4) is 0 Å². The van der Waals surface area contributed by atoms with E-state index in [-0.39, 0.29) is 17.5 Å². The van der Waals surface area contributed by atoms with Crippen molar-refractivity contribution in [3.63, 3.8) is 0 Å². The van der Waals surface area contributed by atoms with E-state index in [2.05, 4.69) is 5.43 Å². The topological polar surface area (TPSA) is 95.8 Å². The summed E-state index contributed by atoms with van der Waals surface area (Å²) < 4.78 is 12.9. The van der Waals surface area contributed by atoms with Gasteiger partial charge in [-0.2, -0.15) is 0 Å². The summed E-state index contributed by atoms with van der Waals surface area (Å²) in [7, 11) is 0. The molecule has 0 bridgehead atoms. The third-order valence-electron chi connectivity index (χ3n) is 4.26. The zero-order valence-corrected chi connectivity index (χ0v) is 14.3. The average Bonchev–Trinajstić information content (AvgIpc) is 2.68. The Morgan fingerprint density at radius 3 is 2.04 bits per heavy atom. The normalized spacial score (nSPS) is 14.6. The molecule has 9 heteroatoms. The van der Waals surface area contributed by atoms with E-state index in [1.54, 1.807) is 9.91 Å². The molecule has 2 aromatic rings. The number of nitro benzene ring substituents is 1. The summed E-state index contributed by atoms with van der Waals surface area (Å²) in [6.07, 6.45) is 0. The maximum atomic E-state index is 12.9. The Bertz CT molecular complexity index is 847. The Kier molecular flexibility index (Phi) is 5.41. The van der Waals surface area contributed by atoms with Gasteiger partial charge in [-0.3, -0.25) is 25.1 Å². The largest absolute Gasteiger partial charge is 0.336 e. The van der Waals surface area contributed by atoms with Gasteiger partial charge in [0.25, 0.3) is 17.5 Å². The summed E-state index contributed by atoms with van der Waals surface area (Å²) in [6.45, 7) is 1.68. The van der Waals surface area contributed by atoms with E-state index in [0.717, 1.165) is 0 Å². The zero-order chi connectivity index (χ0) is 19.4. The number of rotatable bonds is 4. The van der Waals surface area contributed by atoms with Gasteiger partial charge in [0.15, 0.2) is 0 Å². The first-order chi connectivity index (χ1) is 12.9. The second-order valence-corrected chi connectivity index (χ2v) is 6.03. The molecule has 3 rings (SSSR count). The molecule has 1 fully saturated rings. The lowest BCUT2D eigenvalue weighted by Gasteiger charge is -2.34. The fourth-order valence-corrected chi connectivity index (χ4v) is 2.74. The van der Waals surface area contributed by atoms with E-state index in [1.165, 1.54) is 48.5 Å². The summed E-state index contributed by atoms with van der Waals surface area (Å²) in [4.78, 5) is 36.4. The molecular weight excluding hydrogens is 355 g/mol. The highest BCUT2D eigenvalue weighted by Crippen LogP contribution is 2.14. The van der Waals surface area contributed by atoms with Gasteiger partial charge in [-0.1, -0.05) is 0 Å². The molecule has 0 aliphatic carbocycles. The number of amides is 2. The van der Waals surface area contributed by atoms with Crippen LogP contribution in [0.1, 0.15) is 20.7 Å². The van der Waals surface area contributed by atoms with Crippen LogP contribution in [0.15, 0.2) is 48.5 Å². The molecule has 27 heavy (non-hydrogen) atoms. The molecule has 0 spiro atoms. The molecule has 2 aromatic carbocycles. The summed E-state index contributed by atoms with van der Waals surface area (Å²) >= 11 is 0. The average molecular weight is 372 g/mol. The number of halogens is 1. The summed E-state index contributed by atoms with van der Waals surface area (Å²) in [5.41, 5.74) is 3.39. The molecule has 0 unspecified atom stereocenters. The fourth-order valence-electron chi connectivity index (χ4n) is 2.74. The summed E-state index contributed by atoms with van der Waals surface area (Å²) in [5.74, 6) is -0.968. The molecule has 1 heterocycles. The smallest absolute Gasteiger partial charge is 0.269 e. The van der Waals surface area contributed by atoms with Gasteiger partial charge in [-0.25, -0.2) is 9.40 Å². The van der Waals surface area contributed by atoms with Crippen molar-refractivity contribution in [3.05, 3.63) is 75.6 Å². The molecule has 140 valence electrons. The third-order valence-corrected chi connectivity index (χ3v) is 4.26. The first-order valence-corrected chi connectivity index (χ1v) is 8.29. The van der Waals surface area contributed by atoms with E-state index >= 15 is 0 Å². The number of hydrogen-bond donors (Lipinski definition) is 1. The Morgan fingerprint density at radius 2 is 1.48 bits per heavy atom. The molecule has 0 aromatic heterocycles. The number of hydrazine groups is 1. The van der Waals surface area contributed by atoms with Crippen molar-refractivity contribution in [1.29, 1.82) is 0 Å². The quantitative estimate of drug-likeness (QED) is 0.653. The van der Waals surface area contributed by atoms with Crippen LogP contribution in [0.2, 0.25) is 0 Å². The standard InChI is InChI=1S/C18H17FN4O4/c19-15-5-1-13(2-6-15)17(24)20-22-11-9-21(10-12-22)18(25)14-3-7-16(8-4-14)23(26)27/h1-8H,9-12H2,(H,20,24). The highest BCUT2D eigenvalue weighted by Gasteiger charge is 2.23. The van der Waals surface area contributed by atoms with E-state index in [0.29, 0.717) is 37.3 Å². The van der Waals surface area contributed by atoms with Crippen molar-refractivity contribution >= 4 is 17.5 Å². The van der Waals surface area contributed by atoms with Crippen LogP contribution < -0.4 is 5.43 Å². The van der Waals surface area contributed by atoms with Gasteiger partial charge < -0.3 is 4.90 Å². The van der Waals surface area contributed by atoms with Gasteiger partial charge in [-0.05, 0) is 36.4 Å².